The molecule has 3 aromatic heterocycles. The summed E-state index contributed by atoms with van der Waals surface area (Å²) in [4.78, 5) is 23.8. The number of aromatic nitrogens is 4. The number of pyridine rings is 2. The number of nitrogens with zero attached hydrogens (tertiary/aromatic N) is 5. The second-order valence-electron chi connectivity index (χ2n) is 10.2. The van der Waals surface area contributed by atoms with Crippen molar-refractivity contribution in [3.05, 3.63) is 113 Å². The van der Waals surface area contributed by atoms with Gasteiger partial charge in [-0.2, -0.15) is 4.98 Å². The zero-order valence-corrected chi connectivity index (χ0v) is 23.1. The third-order valence-corrected chi connectivity index (χ3v) is 7.70. The van der Waals surface area contributed by atoms with E-state index >= 15 is 0 Å². The Bertz CT molecular complexity index is 1630. The molecule has 6 rings (SSSR count). The van der Waals surface area contributed by atoms with Crippen LogP contribution in [-0.4, -0.2) is 50.2 Å². The summed E-state index contributed by atoms with van der Waals surface area (Å²) in [6.45, 7) is 1.88. The summed E-state index contributed by atoms with van der Waals surface area (Å²) >= 11 is 6.03. The van der Waals surface area contributed by atoms with E-state index in [0.29, 0.717) is 55.4 Å². The molecule has 0 aliphatic carbocycles. The molecule has 0 atom stereocenters. The van der Waals surface area contributed by atoms with Crippen LogP contribution in [0, 0.1) is 0 Å². The van der Waals surface area contributed by atoms with Gasteiger partial charge >= 0.3 is 0 Å². The lowest BCUT2D eigenvalue weighted by atomic mass is 9.84. The summed E-state index contributed by atoms with van der Waals surface area (Å²) in [6.07, 6.45) is 5.48. The molecular weight excluding hydrogens is 538 g/mol. The van der Waals surface area contributed by atoms with Crippen molar-refractivity contribution in [1.29, 1.82) is 0 Å². The third kappa shape index (κ3) is 6.01. The second-order valence-corrected chi connectivity index (χ2v) is 10.6. The number of hydrogen-bond donors (Lipinski definition) is 3. The van der Waals surface area contributed by atoms with Crippen LogP contribution in [0.15, 0.2) is 91.3 Å². The highest BCUT2D eigenvalue weighted by Crippen LogP contribution is 2.36. The Balaban J connectivity index is 1.09. The van der Waals surface area contributed by atoms with Gasteiger partial charge in [0.05, 0.1) is 11.3 Å². The number of amides is 1. The molecule has 1 aliphatic heterocycles. The van der Waals surface area contributed by atoms with Gasteiger partial charge in [0.15, 0.2) is 5.65 Å². The molecule has 9 nitrogen and oxygen atoms in total. The normalized spacial score (nSPS) is 14.6. The van der Waals surface area contributed by atoms with E-state index < -0.39 is 5.60 Å². The van der Waals surface area contributed by atoms with Gasteiger partial charge in [0.25, 0.3) is 5.91 Å². The molecule has 4 heterocycles. The number of fused-ring (bicyclic) bond motifs is 1. The highest BCUT2D eigenvalue weighted by Gasteiger charge is 2.34. The predicted molar refractivity (Wildman–Crippen MR) is 160 cm³/mol. The van der Waals surface area contributed by atoms with Gasteiger partial charge in [-0.1, -0.05) is 29.8 Å². The van der Waals surface area contributed by atoms with Crippen LogP contribution in [0.4, 0.5) is 17.3 Å². The van der Waals surface area contributed by atoms with Crippen LogP contribution in [0.5, 0.6) is 0 Å². The Hall–Kier alpha value is -4.47. The van der Waals surface area contributed by atoms with Crippen molar-refractivity contribution in [2.75, 3.05) is 29.9 Å². The van der Waals surface area contributed by atoms with E-state index in [0.717, 1.165) is 28.3 Å². The molecular formula is C31H30ClN7O2. The Morgan fingerprint density at radius 3 is 2.49 bits per heavy atom. The minimum absolute atomic E-state index is 0.132. The highest BCUT2D eigenvalue weighted by atomic mass is 35.5. The van der Waals surface area contributed by atoms with E-state index in [4.69, 9.17) is 16.6 Å². The number of hydrogen-bond acceptors (Lipinski definition) is 7. The second kappa shape index (κ2) is 11.6. The summed E-state index contributed by atoms with van der Waals surface area (Å²) in [6, 6.07) is 24.4. The van der Waals surface area contributed by atoms with E-state index in [9.17, 15) is 9.90 Å². The lowest BCUT2D eigenvalue weighted by Crippen LogP contribution is -2.42. The standard InChI is InChI=1S/C31H30ClN7O2/c32-24-10-8-23(9-11-24)31(41)15-20-38(21-16-31)27-5-3-19-39-28(27)36-30(37-39)35-26-12-6-22(7-13-26)29(40)34-18-14-25-4-1-2-17-33-25/h1-13,17,19,41H,14-16,18,20-21H2,(H,34,40)(H,35,37). The fourth-order valence-corrected chi connectivity index (χ4v) is 5.27. The Morgan fingerprint density at radius 1 is 0.976 bits per heavy atom. The maximum Gasteiger partial charge on any atom is 0.251 e. The van der Waals surface area contributed by atoms with E-state index in [-0.39, 0.29) is 5.91 Å². The lowest BCUT2D eigenvalue weighted by molar-refractivity contribution is 0.0118. The van der Waals surface area contributed by atoms with Gasteiger partial charge < -0.3 is 20.6 Å². The van der Waals surface area contributed by atoms with Gasteiger partial charge in [0.1, 0.15) is 0 Å². The van der Waals surface area contributed by atoms with Gasteiger partial charge in [-0.05, 0) is 79.1 Å². The monoisotopic (exact) mass is 567 g/mol. The van der Waals surface area contributed by atoms with Gasteiger partial charge in [-0.25, -0.2) is 4.52 Å². The number of aliphatic hydroxyl groups is 1. The van der Waals surface area contributed by atoms with Crippen molar-refractivity contribution in [2.45, 2.75) is 24.9 Å². The van der Waals surface area contributed by atoms with Crippen molar-refractivity contribution < 1.29 is 9.90 Å². The van der Waals surface area contributed by atoms with Crippen LogP contribution in [0.25, 0.3) is 5.65 Å². The number of carbonyl (C=O) groups is 1. The largest absolute Gasteiger partial charge is 0.385 e. The van der Waals surface area contributed by atoms with Crippen LogP contribution < -0.4 is 15.5 Å². The van der Waals surface area contributed by atoms with E-state index in [1.54, 1.807) is 22.8 Å². The maximum atomic E-state index is 12.5. The molecule has 0 spiro atoms. The summed E-state index contributed by atoms with van der Waals surface area (Å²) in [5, 5.41) is 22.7. The predicted octanol–water partition coefficient (Wildman–Crippen LogP) is 4.98. The number of nitrogens with one attached hydrogen (secondary N) is 2. The van der Waals surface area contributed by atoms with Gasteiger partial charge in [0.2, 0.25) is 5.95 Å². The smallest absolute Gasteiger partial charge is 0.251 e. The van der Waals surface area contributed by atoms with Crippen LogP contribution in [-0.2, 0) is 12.0 Å². The SMILES string of the molecule is O=C(NCCc1ccccn1)c1ccc(Nc2nc3c(N4CCC(O)(c5ccc(Cl)cc5)CC4)cccn3n2)cc1. The molecule has 0 radical (unpaired) electrons. The van der Waals surface area contributed by atoms with Crippen molar-refractivity contribution >= 4 is 40.5 Å². The summed E-state index contributed by atoms with van der Waals surface area (Å²) in [5.74, 6) is 0.326. The molecule has 208 valence electrons. The molecule has 41 heavy (non-hydrogen) atoms. The topological polar surface area (TPSA) is 108 Å². The van der Waals surface area contributed by atoms with Gasteiger partial charge in [-0.3, -0.25) is 9.78 Å². The Morgan fingerprint density at radius 2 is 1.76 bits per heavy atom. The van der Waals surface area contributed by atoms with Crippen molar-refractivity contribution in [3.8, 4) is 0 Å². The number of carbonyl (C=O) groups excluding carboxylic acids is 1. The quantitative estimate of drug-likeness (QED) is 0.243. The molecule has 10 heteroatoms. The average molecular weight is 568 g/mol. The number of piperidine rings is 1. The first kappa shape index (κ1) is 26.7. The number of anilines is 3. The first-order valence-corrected chi connectivity index (χ1v) is 14.0. The Kier molecular flexibility index (Phi) is 7.54. The molecule has 0 bridgehead atoms. The molecule has 3 N–H and O–H groups in total. The average Bonchev–Trinajstić information content (AvgIpc) is 3.41. The van der Waals surface area contributed by atoms with Crippen LogP contribution >= 0.6 is 11.6 Å². The fourth-order valence-electron chi connectivity index (χ4n) is 5.14. The zero-order chi connectivity index (χ0) is 28.2. The van der Waals surface area contributed by atoms with Crippen molar-refractivity contribution in [1.82, 2.24) is 24.9 Å². The molecule has 0 unspecified atom stereocenters. The fraction of sp³-hybridized carbons (Fsp3) is 0.226. The number of halogens is 1. The number of rotatable bonds is 8. The minimum atomic E-state index is -0.880. The molecule has 2 aromatic carbocycles. The number of benzene rings is 2. The van der Waals surface area contributed by atoms with E-state index in [1.807, 2.05) is 72.9 Å². The molecule has 5 aromatic rings. The summed E-state index contributed by atoms with van der Waals surface area (Å²) in [7, 11) is 0. The summed E-state index contributed by atoms with van der Waals surface area (Å²) in [5.41, 5.74) is 4.00. The minimum Gasteiger partial charge on any atom is -0.385 e. The first-order valence-electron chi connectivity index (χ1n) is 13.6. The zero-order valence-electron chi connectivity index (χ0n) is 22.4. The first-order chi connectivity index (χ1) is 20.0. The van der Waals surface area contributed by atoms with Gasteiger partial charge in [0, 0.05) is 60.4 Å². The molecule has 1 saturated heterocycles. The van der Waals surface area contributed by atoms with Crippen LogP contribution in [0.3, 0.4) is 0 Å². The van der Waals surface area contributed by atoms with Crippen LogP contribution in [0.2, 0.25) is 5.02 Å². The molecule has 1 aliphatic rings. The molecule has 1 amide bonds. The highest BCUT2D eigenvalue weighted by molar-refractivity contribution is 6.30. The van der Waals surface area contributed by atoms with Gasteiger partial charge in [-0.15, -0.1) is 5.10 Å². The van der Waals surface area contributed by atoms with Crippen LogP contribution in [0.1, 0.15) is 34.5 Å². The lowest BCUT2D eigenvalue weighted by Gasteiger charge is -2.39. The Labute approximate surface area is 242 Å². The van der Waals surface area contributed by atoms with Crippen molar-refractivity contribution in [3.63, 3.8) is 0 Å². The molecule has 0 saturated carbocycles. The van der Waals surface area contributed by atoms with Crippen molar-refractivity contribution in [2.24, 2.45) is 0 Å². The molecule has 1 fully saturated rings. The maximum absolute atomic E-state index is 12.5. The summed E-state index contributed by atoms with van der Waals surface area (Å²) < 4.78 is 1.75. The third-order valence-electron chi connectivity index (χ3n) is 7.45. The van der Waals surface area contributed by atoms with E-state index in [2.05, 4.69) is 25.6 Å². The van der Waals surface area contributed by atoms with E-state index in [1.165, 1.54) is 0 Å².